The molecule has 116 valence electrons. The van der Waals surface area contributed by atoms with Crippen molar-refractivity contribution in [2.24, 2.45) is 17.8 Å². The number of nitrogens with two attached hydrogens (primary N) is 1. The van der Waals surface area contributed by atoms with Crippen LogP contribution in [0.25, 0.3) is 0 Å². The van der Waals surface area contributed by atoms with Crippen molar-refractivity contribution in [3.8, 4) is 5.75 Å². The smallest absolute Gasteiger partial charge is 0.167 e. The number of halogens is 1. The maximum Gasteiger partial charge on any atom is 0.167 e. The van der Waals surface area contributed by atoms with Crippen molar-refractivity contribution >= 4 is 11.4 Å². The molecule has 3 unspecified atom stereocenters. The third kappa shape index (κ3) is 2.81. The molecule has 0 aliphatic heterocycles. The van der Waals surface area contributed by atoms with E-state index in [9.17, 15) is 4.39 Å². The maximum atomic E-state index is 13.8. The quantitative estimate of drug-likeness (QED) is 0.841. The SMILES string of the molecule is CCOc1cc(N(C)CC2CC3CCC2C3)c(N)cc1F. The van der Waals surface area contributed by atoms with Crippen LogP contribution in [-0.4, -0.2) is 20.2 Å². The number of anilines is 2. The Hall–Kier alpha value is -1.45. The molecule has 0 saturated heterocycles. The minimum atomic E-state index is -0.383. The monoisotopic (exact) mass is 292 g/mol. The minimum Gasteiger partial charge on any atom is -0.491 e. The average molecular weight is 292 g/mol. The lowest BCUT2D eigenvalue weighted by molar-refractivity contribution is 0.321. The fraction of sp³-hybridized carbons (Fsp3) is 0.647. The Morgan fingerprint density at radius 3 is 2.76 bits per heavy atom. The molecular weight excluding hydrogens is 267 g/mol. The van der Waals surface area contributed by atoms with Gasteiger partial charge in [0.2, 0.25) is 0 Å². The molecule has 2 aliphatic rings. The third-order valence-corrected chi connectivity index (χ3v) is 5.19. The summed E-state index contributed by atoms with van der Waals surface area (Å²) in [6, 6.07) is 3.11. The summed E-state index contributed by atoms with van der Waals surface area (Å²) in [6.07, 6.45) is 5.54. The lowest BCUT2D eigenvalue weighted by atomic mass is 9.88. The van der Waals surface area contributed by atoms with Gasteiger partial charge in [0.15, 0.2) is 11.6 Å². The first-order valence-corrected chi connectivity index (χ1v) is 8.01. The van der Waals surface area contributed by atoms with Crippen LogP contribution in [-0.2, 0) is 0 Å². The van der Waals surface area contributed by atoms with Gasteiger partial charge in [0.05, 0.1) is 18.0 Å². The molecule has 2 N–H and O–H groups in total. The first-order valence-electron chi connectivity index (χ1n) is 8.01. The molecule has 3 rings (SSSR count). The van der Waals surface area contributed by atoms with E-state index >= 15 is 0 Å². The number of nitrogens with zero attached hydrogens (tertiary/aromatic N) is 1. The summed E-state index contributed by atoms with van der Waals surface area (Å²) >= 11 is 0. The first kappa shape index (κ1) is 14.5. The molecule has 0 aromatic heterocycles. The Labute approximate surface area is 126 Å². The van der Waals surface area contributed by atoms with E-state index < -0.39 is 0 Å². The molecule has 1 aromatic rings. The predicted molar refractivity (Wildman–Crippen MR) is 84.2 cm³/mol. The molecule has 0 amide bonds. The Morgan fingerprint density at radius 2 is 2.14 bits per heavy atom. The van der Waals surface area contributed by atoms with E-state index in [-0.39, 0.29) is 5.82 Å². The number of hydrogen-bond acceptors (Lipinski definition) is 3. The van der Waals surface area contributed by atoms with Crippen LogP contribution in [0, 0.1) is 23.6 Å². The molecule has 3 nitrogen and oxygen atoms in total. The highest BCUT2D eigenvalue weighted by Gasteiger charge is 2.39. The van der Waals surface area contributed by atoms with Crippen molar-refractivity contribution in [3.63, 3.8) is 0 Å². The molecular formula is C17H25FN2O. The van der Waals surface area contributed by atoms with Crippen molar-refractivity contribution in [1.29, 1.82) is 0 Å². The van der Waals surface area contributed by atoms with Gasteiger partial charge in [0, 0.05) is 25.7 Å². The molecule has 0 spiro atoms. The van der Waals surface area contributed by atoms with Gasteiger partial charge in [0.25, 0.3) is 0 Å². The molecule has 2 saturated carbocycles. The lowest BCUT2D eigenvalue weighted by Gasteiger charge is -2.29. The molecule has 0 radical (unpaired) electrons. The summed E-state index contributed by atoms with van der Waals surface area (Å²) in [6.45, 7) is 3.31. The van der Waals surface area contributed by atoms with Crippen molar-refractivity contribution < 1.29 is 9.13 Å². The molecule has 3 atom stereocenters. The highest BCUT2D eigenvalue weighted by molar-refractivity contribution is 5.69. The van der Waals surface area contributed by atoms with Crippen molar-refractivity contribution in [1.82, 2.24) is 0 Å². The zero-order valence-corrected chi connectivity index (χ0v) is 12.9. The van der Waals surface area contributed by atoms with Gasteiger partial charge in [-0.05, 0) is 43.9 Å². The Balaban J connectivity index is 1.74. The van der Waals surface area contributed by atoms with Crippen LogP contribution in [0.3, 0.4) is 0 Å². The second-order valence-electron chi connectivity index (χ2n) is 6.59. The first-order chi connectivity index (χ1) is 10.1. The predicted octanol–water partition coefficient (Wildman–Crippen LogP) is 3.68. The maximum absolute atomic E-state index is 13.8. The average Bonchev–Trinajstić information content (AvgIpc) is 3.04. The second-order valence-corrected chi connectivity index (χ2v) is 6.59. The third-order valence-electron chi connectivity index (χ3n) is 5.19. The van der Waals surface area contributed by atoms with Gasteiger partial charge in [-0.1, -0.05) is 6.42 Å². The zero-order valence-electron chi connectivity index (χ0n) is 12.9. The summed E-state index contributed by atoms with van der Waals surface area (Å²) in [7, 11) is 2.05. The van der Waals surface area contributed by atoms with E-state index in [0.29, 0.717) is 18.0 Å². The van der Waals surface area contributed by atoms with Gasteiger partial charge >= 0.3 is 0 Å². The molecule has 2 aliphatic carbocycles. The summed E-state index contributed by atoms with van der Waals surface area (Å²) in [5.41, 5.74) is 7.37. The van der Waals surface area contributed by atoms with Gasteiger partial charge in [-0.15, -0.1) is 0 Å². The molecule has 21 heavy (non-hydrogen) atoms. The summed E-state index contributed by atoms with van der Waals surface area (Å²) in [5, 5.41) is 0. The van der Waals surface area contributed by atoms with Crippen LogP contribution >= 0.6 is 0 Å². The van der Waals surface area contributed by atoms with E-state index in [1.54, 1.807) is 6.07 Å². The van der Waals surface area contributed by atoms with Gasteiger partial charge in [-0.2, -0.15) is 0 Å². The van der Waals surface area contributed by atoms with Crippen LogP contribution < -0.4 is 15.4 Å². The fourth-order valence-electron chi connectivity index (χ4n) is 4.20. The largest absolute Gasteiger partial charge is 0.491 e. The number of nitrogen functional groups attached to an aromatic ring is 1. The second kappa shape index (κ2) is 5.74. The van der Waals surface area contributed by atoms with E-state index in [0.717, 1.165) is 30.0 Å². The fourth-order valence-corrected chi connectivity index (χ4v) is 4.20. The highest BCUT2D eigenvalue weighted by Crippen LogP contribution is 2.48. The number of hydrogen-bond donors (Lipinski definition) is 1. The van der Waals surface area contributed by atoms with Crippen LogP contribution in [0.4, 0.5) is 15.8 Å². The molecule has 1 aromatic carbocycles. The van der Waals surface area contributed by atoms with Crippen LogP contribution in [0.5, 0.6) is 5.75 Å². The molecule has 2 bridgehead atoms. The highest BCUT2D eigenvalue weighted by atomic mass is 19.1. The molecule has 0 heterocycles. The number of benzene rings is 1. The van der Waals surface area contributed by atoms with Gasteiger partial charge in [-0.3, -0.25) is 0 Å². The van der Waals surface area contributed by atoms with E-state index in [4.69, 9.17) is 10.5 Å². The van der Waals surface area contributed by atoms with Gasteiger partial charge < -0.3 is 15.4 Å². The van der Waals surface area contributed by atoms with Crippen molar-refractivity contribution in [2.75, 3.05) is 30.8 Å². The summed E-state index contributed by atoms with van der Waals surface area (Å²) < 4.78 is 19.1. The Morgan fingerprint density at radius 1 is 1.33 bits per heavy atom. The van der Waals surface area contributed by atoms with Crippen molar-refractivity contribution in [3.05, 3.63) is 17.9 Å². The lowest BCUT2D eigenvalue weighted by Crippen LogP contribution is -2.29. The van der Waals surface area contributed by atoms with Crippen LogP contribution in [0.15, 0.2) is 12.1 Å². The summed E-state index contributed by atoms with van der Waals surface area (Å²) in [4.78, 5) is 2.17. The van der Waals surface area contributed by atoms with Crippen molar-refractivity contribution in [2.45, 2.75) is 32.6 Å². The zero-order chi connectivity index (χ0) is 15.0. The topological polar surface area (TPSA) is 38.5 Å². The standard InChI is InChI=1S/C17H25FN2O/c1-3-21-17-9-16(15(19)8-14(17)18)20(2)10-13-7-11-4-5-12(13)6-11/h8-9,11-13H,3-7,10,19H2,1-2H3. The van der Waals surface area contributed by atoms with Gasteiger partial charge in [0.1, 0.15) is 0 Å². The summed E-state index contributed by atoms with van der Waals surface area (Å²) in [5.74, 6) is 2.49. The number of ether oxygens (including phenoxy) is 1. The molecule has 4 heteroatoms. The van der Waals surface area contributed by atoms with E-state index in [2.05, 4.69) is 4.90 Å². The normalized spacial score (nSPS) is 27.1. The molecule has 2 fully saturated rings. The van der Waals surface area contributed by atoms with Gasteiger partial charge in [-0.25, -0.2) is 4.39 Å². The van der Waals surface area contributed by atoms with Crippen LogP contribution in [0.2, 0.25) is 0 Å². The van der Waals surface area contributed by atoms with E-state index in [1.807, 2.05) is 14.0 Å². The Kier molecular flexibility index (Phi) is 3.96. The van der Waals surface area contributed by atoms with Crippen LogP contribution in [0.1, 0.15) is 32.6 Å². The number of fused-ring (bicyclic) bond motifs is 2. The Bertz CT molecular complexity index is 520. The number of rotatable bonds is 5. The van der Waals surface area contributed by atoms with E-state index in [1.165, 1.54) is 31.7 Å². The minimum absolute atomic E-state index is 0.293.